The summed E-state index contributed by atoms with van der Waals surface area (Å²) in [5, 5.41) is 8.22. The first-order valence-electron chi connectivity index (χ1n) is 13.4. The number of aromatic nitrogens is 1. The van der Waals surface area contributed by atoms with Crippen LogP contribution in [0.25, 0.3) is 11.0 Å². The molecule has 3 aromatic rings. The van der Waals surface area contributed by atoms with Gasteiger partial charge in [-0.1, -0.05) is 24.1 Å². The van der Waals surface area contributed by atoms with Crippen LogP contribution in [-0.2, 0) is 11.2 Å². The number of aryl methyl sites for hydroxylation is 1. The van der Waals surface area contributed by atoms with E-state index in [0.29, 0.717) is 29.8 Å². The summed E-state index contributed by atoms with van der Waals surface area (Å²) in [6, 6.07) is 10.8. The second-order valence-corrected chi connectivity index (χ2v) is 10.8. The highest BCUT2D eigenvalue weighted by atomic mass is 19.1. The molecule has 0 spiro atoms. The number of fused-ring (bicyclic) bond motifs is 2. The summed E-state index contributed by atoms with van der Waals surface area (Å²) in [5.41, 5.74) is 3.61. The number of amides is 1. The monoisotopic (exact) mass is 491 g/mol. The number of ether oxygens (including phenoxy) is 1. The van der Waals surface area contributed by atoms with Crippen LogP contribution < -0.4 is 10.1 Å². The van der Waals surface area contributed by atoms with Gasteiger partial charge in [0.05, 0.1) is 12.3 Å². The van der Waals surface area contributed by atoms with Gasteiger partial charge in [-0.15, -0.1) is 0 Å². The lowest BCUT2D eigenvalue weighted by molar-refractivity contribution is -0.116. The van der Waals surface area contributed by atoms with Gasteiger partial charge in [0.25, 0.3) is 0 Å². The number of likely N-dealkylation sites (tertiary alicyclic amines) is 1. The highest BCUT2D eigenvalue weighted by molar-refractivity contribution is 5.94. The van der Waals surface area contributed by atoms with E-state index >= 15 is 0 Å². The minimum Gasteiger partial charge on any atom is -0.493 e. The summed E-state index contributed by atoms with van der Waals surface area (Å²) in [6.45, 7) is 3.95. The summed E-state index contributed by atoms with van der Waals surface area (Å²) >= 11 is 0. The third-order valence-electron chi connectivity index (χ3n) is 8.44. The van der Waals surface area contributed by atoms with Gasteiger partial charge in [-0.2, -0.15) is 0 Å². The molecule has 7 heteroatoms. The van der Waals surface area contributed by atoms with Crippen LogP contribution >= 0.6 is 0 Å². The first kappa shape index (κ1) is 23.5. The zero-order chi connectivity index (χ0) is 24.5. The van der Waals surface area contributed by atoms with Gasteiger partial charge < -0.3 is 19.5 Å². The summed E-state index contributed by atoms with van der Waals surface area (Å²) in [5.74, 6) is 2.20. The number of carbonyl (C=O) groups excluding carboxylic acids is 1. The Hall–Kier alpha value is -2.93. The number of nitrogens with zero attached hydrogens (tertiary/aromatic N) is 2. The maximum absolute atomic E-state index is 13.5. The van der Waals surface area contributed by atoms with Crippen LogP contribution in [-0.4, -0.2) is 42.2 Å². The number of rotatable bonds is 6. The van der Waals surface area contributed by atoms with Gasteiger partial charge in [-0.05, 0) is 80.8 Å². The number of halogens is 1. The van der Waals surface area contributed by atoms with Crippen LogP contribution in [0.4, 0.5) is 10.1 Å². The highest BCUT2D eigenvalue weighted by Gasteiger charge is 2.31. The Morgan fingerprint density at radius 2 is 1.86 bits per heavy atom. The van der Waals surface area contributed by atoms with E-state index in [4.69, 9.17) is 9.26 Å². The minimum absolute atomic E-state index is 0.0846. The van der Waals surface area contributed by atoms with Gasteiger partial charge in [-0.3, -0.25) is 4.79 Å². The third-order valence-corrected chi connectivity index (χ3v) is 8.44. The van der Waals surface area contributed by atoms with Gasteiger partial charge in [0.1, 0.15) is 11.6 Å². The topological polar surface area (TPSA) is 67.6 Å². The van der Waals surface area contributed by atoms with E-state index in [0.717, 1.165) is 68.0 Å². The van der Waals surface area contributed by atoms with Crippen molar-refractivity contribution in [1.82, 2.24) is 10.1 Å². The lowest BCUT2D eigenvalue weighted by Crippen LogP contribution is -2.40. The van der Waals surface area contributed by atoms with Crippen LogP contribution in [0.2, 0.25) is 0 Å². The molecule has 2 aromatic carbocycles. The van der Waals surface area contributed by atoms with E-state index in [9.17, 15) is 9.18 Å². The predicted molar refractivity (Wildman–Crippen MR) is 137 cm³/mol. The first-order valence-corrected chi connectivity index (χ1v) is 13.4. The van der Waals surface area contributed by atoms with Crippen molar-refractivity contribution in [3.05, 3.63) is 53.5 Å². The van der Waals surface area contributed by atoms with E-state index in [2.05, 4.69) is 21.4 Å². The van der Waals surface area contributed by atoms with Crippen molar-refractivity contribution >= 4 is 22.6 Å². The van der Waals surface area contributed by atoms with Gasteiger partial charge in [-0.25, -0.2) is 4.39 Å². The number of anilines is 1. The Morgan fingerprint density at radius 1 is 1.03 bits per heavy atom. The number of carbonyl (C=O) groups is 1. The molecule has 3 heterocycles. The third kappa shape index (κ3) is 4.99. The van der Waals surface area contributed by atoms with Crippen LogP contribution in [0.5, 0.6) is 5.75 Å². The number of piperidine rings is 1. The fourth-order valence-electron chi connectivity index (χ4n) is 6.33. The number of hydrogen-bond acceptors (Lipinski definition) is 5. The smallest absolute Gasteiger partial charge is 0.224 e. The summed E-state index contributed by atoms with van der Waals surface area (Å²) < 4.78 is 25.2. The van der Waals surface area contributed by atoms with Crippen molar-refractivity contribution in [2.45, 2.75) is 57.3 Å². The molecule has 3 aliphatic rings. The van der Waals surface area contributed by atoms with E-state index in [1.807, 2.05) is 12.1 Å². The first-order chi connectivity index (χ1) is 17.6. The molecule has 1 amide bonds. The zero-order valence-corrected chi connectivity index (χ0v) is 20.7. The number of benzene rings is 2. The lowest BCUT2D eigenvalue weighted by Gasteiger charge is -2.38. The van der Waals surface area contributed by atoms with Crippen molar-refractivity contribution < 1.29 is 18.4 Å². The Labute approximate surface area is 211 Å². The Kier molecular flexibility index (Phi) is 6.65. The second kappa shape index (κ2) is 10.2. The van der Waals surface area contributed by atoms with Crippen LogP contribution in [0.15, 0.2) is 40.9 Å². The van der Waals surface area contributed by atoms with Crippen molar-refractivity contribution in [3.8, 4) is 5.75 Å². The number of hydrogen-bond donors (Lipinski definition) is 1. The fraction of sp³-hybridized carbons (Fsp3) is 0.517. The maximum atomic E-state index is 13.5. The van der Waals surface area contributed by atoms with Crippen LogP contribution in [0.3, 0.4) is 0 Å². The molecule has 1 aliphatic carbocycles. The predicted octanol–water partition coefficient (Wildman–Crippen LogP) is 5.92. The molecule has 6 nitrogen and oxygen atoms in total. The average molecular weight is 492 g/mol. The molecule has 2 atom stereocenters. The van der Waals surface area contributed by atoms with Crippen molar-refractivity contribution in [2.75, 3.05) is 31.6 Å². The molecule has 2 aliphatic heterocycles. The van der Waals surface area contributed by atoms with E-state index in [1.54, 1.807) is 6.07 Å². The Balaban J connectivity index is 1.04. The van der Waals surface area contributed by atoms with Crippen molar-refractivity contribution in [2.24, 2.45) is 11.8 Å². The average Bonchev–Trinajstić information content (AvgIpc) is 3.31. The van der Waals surface area contributed by atoms with Crippen molar-refractivity contribution in [1.29, 1.82) is 0 Å². The molecule has 2 fully saturated rings. The molecule has 1 N–H and O–H groups in total. The van der Waals surface area contributed by atoms with Gasteiger partial charge >= 0.3 is 0 Å². The normalized spacial score (nSPS) is 23.4. The maximum Gasteiger partial charge on any atom is 0.224 e. The molecular formula is C29H34FN3O3. The van der Waals surface area contributed by atoms with Crippen molar-refractivity contribution in [3.63, 3.8) is 0 Å². The molecule has 0 radical (unpaired) electrons. The van der Waals surface area contributed by atoms with Gasteiger partial charge in [0.2, 0.25) is 5.91 Å². The Bertz CT molecular complexity index is 1230. The van der Waals surface area contributed by atoms with E-state index in [1.165, 1.54) is 43.4 Å². The molecule has 6 rings (SSSR count). The highest BCUT2D eigenvalue weighted by Crippen LogP contribution is 2.36. The molecule has 1 saturated carbocycles. The molecule has 1 saturated heterocycles. The van der Waals surface area contributed by atoms with Crippen LogP contribution in [0.1, 0.15) is 62.1 Å². The van der Waals surface area contributed by atoms with E-state index < -0.39 is 0 Å². The quantitative estimate of drug-likeness (QED) is 0.464. The molecule has 0 unspecified atom stereocenters. The Morgan fingerprint density at radius 3 is 2.72 bits per heavy atom. The number of nitrogens with one attached hydrogen (secondary N) is 1. The summed E-state index contributed by atoms with van der Waals surface area (Å²) in [7, 11) is 0. The van der Waals surface area contributed by atoms with Crippen LogP contribution in [0, 0.1) is 17.7 Å². The van der Waals surface area contributed by atoms with E-state index in [-0.39, 0.29) is 11.7 Å². The van der Waals surface area contributed by atoms with Gasteiger partial charge in [0, 0.05) is 42.1 Å². The molecule has 1 aromatic heterocycles. The largest absolute Gasteiger partial charge is 0.493 e. The second-order valence-electron chi connectivity index (χ2n) is 10.8. The summed E-state index contributed by atoms with van der Waals surface area (Å²) in [6.07, 6.45) is 8.49. The molecule has 190 valence electrons. The fourth-order valence-corrected chi connectivity index (χ4v) is 6.33. The minimum atomic E-state index is -0.288. The molecular weight excluding hydrogens is 457 g/mol. The SMILES string of the molecule is O=C1CCc2ccc(OC[C@H]3CCCC[C@H]3CN3CCC(c4noc5cc(F)ccc45)CC3)cc2N1. The van der Waals surface area contributed by atoms with Gasteiger partial charge in [0.15, 0.2) is 5.58 Å². The standard InChI is InChI=1S/C29H34FN3O3/c30-23-7-9-25-27(15-23)36-32-29(25)20-11-13-33(14-12-20)17-21-3-1-2-4-22(21)18-35-24-8-5-19-6-10-28(34)31-26(19)16-24/h5,7-9,15-16,20-22H,1-4,6,10-14,17-18H2,(H,31,34)/t21-,22+/m0/s1. The lowest BCUT2D eigenvalue weighted by atomic mass is 9.79. The molecule has 0 bridgehead atoms. The molecule has 36 heavy (non-hydrogen) atoms. The zero-order valence-electron chi connectivity index (χ0n) is 20.7. The summed E-state index contributed by atoms with van der Waals surface area (Å²) in [4.78, 5) is 14.4.